The molecular weight excluding hydrogens is 548 g/mol. The Hall–Kier alpha value is -3.10. The predicted octanol–water partition coefficient (Wildman–Crippen LogP) is 5.12. The maximum Gasteiger partial charge on any atom is 0.311 e. The van der Waals surface area contributed by atoms with Crippen LogP contribution >= 0.6 is 11.8 Å². The Morgan fingerprint density at radius 1 is 1.00 bits per heavy atom. The molecule has 0 radical (unpaired) electrons. The molecule has 2 aromatic carbocycles. The molecule has 222 valence electrons. The molecule has 0 saturated carbocycles. The molecule has 42 heavy (non-hydrogen) atoms. The number of nitrogens with zero attached hydrogens (tertiary/aromatic N) is 2. The third-order valence-electron chi connectivity index (χ3n) is 9.33. The molecule has 2 saturated heterocycles. The fourth-order valence-electron chi connectivity index (χ4n) is 7.53. The number of benzene rings is 2. The van der Waals surface area contributed by atoms with Crippen LogP contribution in [0.4, 0.5) is 5.69 Å². The summed E-state index contributed by atoms with van der Waals surface area (Å²) in [6.45, 7) is 6.51. The third-order valence-corrected chi connectivity index (χ3v) is 11.1. The molecule has 8 heteroatoms. The van der Waals surface area contributed by atoms with Crippen LogP contribution in [0.3, 0.4) is 0 Å². The molecule has 0 aromatic heterocycles. The van der Waals surface area contributed by atoms with Crippen LogP contribution in [0.15, 0.2) is 66.8 Å². The topological polar surface area (TPSA) is 87.2 Å². The van der Waals surface area contributed by atoms with Gasteiger partial charge < -0.3 is 19.6 Å². The van der Waals surface area contributed by atoms with Gasteiger partial charge in [0.05, 0.1) is 35.8 Å². The summed E-state index contributed by atoms with van der Waals surface area (Å²) in [6, 6.07) is 12.6. The highest BCUT2D eigenvalue weighted by Gasteiger charge is 2.74. The molecule has 2 amide bonds. The van der Waals surface area contributed by atoms with E-state index in [1.54, 1.807) is 21.6 Å². The maximum absolute atomic E-state index is 14.9. The minimum atomic E-state index is -0.985. The summed E-state index contributed by atoms with van der Waals surface area (Å²) in [6.07, 6.45) is 11.3. The molecule has 0 bridgehead atoms. The smallest absolute Gasteiger partial charge is 0.311 e. The predicted molar refractivity (Wildman–Crippen MR) is 166 cm³/mol. The number of cyclic esters (lactones) is 1. The number of hydrogen-bond acceptors (Lipinski definition) is 6. The number of fused-ring (bicyclic) bond motifs is 3. The molecule has 7 nitrogen and oxygen atoms in total. The molecule has 6 atom stereocenters. The van der Waals surface area contributed by atoms with Crippen molar-refractivity contribution in [3.05, 3.63) is 66.8 Å². The lowest BCUT2D eigenvalue weighted by molar-refractivity contribution is -0.154. The van der Waals surface area contributed by atoms with Gasteiger partial charge in [-0.2, -0.15) is 0 Å². The summed E-state index contributed by atoms with van der Waals surface area (Å²) in [5.41, 5.74) is 0.758. The van der Waals surface area contributed by atoms with Crippen molar-refractivity contribution in [2.75, 3.05) is 24.7 Å². The van der Waals surface area contributed by atoms with Crippen molar-refractivity contribution < 1.29 is 24.2 Å². The lowest BCUT2D eigenvalue weighted by atomic mass is 9.74. The molecule has 2 aromatic rings. The Bertz CT molecular complexity index is 1450. The van der Waals surface area contributed by atoms with E-state index in [0.717, 1.165) is 35.7 Å². The van der Waals surface area contributed by atoms with Crippen molar-refractivity contribution in [2.45, 2.75) is 68.0 Å². The van der Waals surface area contributed by atoms with Gasteiger partial charge in [-0.25, -0.2) is 0 Å². The molecule has 2 fully saturated rings. The summed E-state index contributed by atoms with van der Waals surface area (Å²) in [7, 11) is 0. The van der Waals surface area contributed by atoms with Crippen molar-refractivity contribution >= 4 is 46.0 Å². The van der Waals surface area contributed by atoms with E-state index in [1.165, 1.54) is 0 Å². The third kappa shape index (κ3) is 4.67. The van der Waals surface area contributed by atoms with Gasteiger partial charge in [0.2, 0.25) is 5.91 Å². The first-order chi connectivity index (χ1) is 20.2. The van der Waals surface area contributed by atoms with Gasteiger partial charge in [-0.15, -0.1) is 11.8 Å². The molecule has 4 heterocycles. The first-order valence-corrected chi connectivity index (χ1v) is 16.0. The Balaban J connectivity index is 1.50. The van der Waals surface area contributed by atoms with Crippen LogP contribution in [0.5, 0.6) is 0 Å². The van der Waals surface area contributed by atoms with Crippen molar-refractivity contribution in [1.82, 2.24) is 4.90 Å². The van der Waals surface area contributed by atoms with E-state index in [2.05, 4.69) is 12.2 Å². The second-order valence-corrected chi connectivity index (χ2v) is 14.4. The number of amides is 2. The van der Waals surface area contributed by atoms with E-state index < -0.39 is 33.4 Å². The molecule has 4 aliphatic heterocycles. The monoisotopic (exact) mass is 588 g/mol. The number of ether oxygens (including phenoxy) is 1. The highest BCUT2D eigenvalue weighted by atomic mass is 32.2. The van der Waals surface area contributed by atoms with Crippen LogP contribution in [0.2, 0.25) is 0 Å². The van der Waals surface area contributed by atoms with E-state index in [9.17, 15) is 19.5 Å². The summed E-state index contributed by atoms with van der Waals surface area (Å²) in [5.74, 6) is -2.16. The molecule has 1 unspecified atom stereocenters. The van der Waals surface area contributed by atoms with E-state index in [0.29, 0.717) is 19.6 Å². The fraction of sp³-hybridized carbons (Fsp3) is 0.500. The second-order valence-electron chi connectivity index (χ2n) is 12.7. The van der Waals surface area contributed by atoms with Crippen LogP contribution in [-0.2, 0) is 19.1 Å². The Morgan fingerprint density at radius 2 is 1.79 bits per heavy atom. The lowest BCUT2D eigenvalue weighted by Gasteiger charge is -2.40. The molecule has 1 spiro atoms. The molecule has 4 aliphatic rings. The number of rotatable bonds is 5. The number of aliphatic hydroxyl groups is 1. The van der Waals surface area contributed by atoms with Crippen LogP contribution in [0, 0.1) is 17.8 Å². The molecule has 6 rings (SSSR count). The lowest BCUT2D eigenvalue weighted by Crippen LogP contribution is -2.57. The van der Waals surface area contributed by atoms with E-state index in [-0.39, 0.29) is 30.3 Å². The van der Waals surface area contributed by atoms with E-state index in [1.807, 2.05) is 75.4 Å². The Morgan fingerprint density at radius 3 is 2.55 bits per heavy atom. The number of carbonyl (C=O) groups excluding carboxylic acids is 3. The zero-order valence-electron chi connectivity index (χ0n) is 24.6. The van der Waals surface area contributed by atoms with Gasteiger partial charge in [-0.05, 0) is 61.4 Å². The quantitative estimate of drug-likeness (QED) is 0.386. The second kappa shape index (κ2) is 11.2. The summed E-state index contributed by atoms with van der Waals surface area (Å²) < 4.78 is 4.07. The zero-order valence-corrected chi connectivity index (χ0v) is 25.4. The summed E-state index contributed by atoms with van der Waals surface area (Å²) in [5, 5.41) is 12.7. The maximum atomic E-state index is 14.9. The van der Waals surface area contributed by atoms with E-state index in [4.69, 9.17) is 4.74 Å². The van der Waals surface area contributed by atoms with E-state index >= 15 is 0 Å². The SMILES string of the molecule is CC(C)C[C@H](CO)N1C(=O)[C@@H]2[C@H]3C(=O)OCCCC/C=C\[C@@]3(C)S[C@@]23C=CCN(c2ccc4ccccc4c2)C(=O)C13. The first kappa shape index (κ1) is 29.0. The van der Waals surface area contributed by atoms with Crippen molar-refractivity contribution in [1.29, 1.82) is 0 Å². The highest BCUT2D eigenvalue weighted by Crippen LogP contribution is 2.65. The van der Waals surface area contributed by atoms with Crippen LogP contribution in [0.25, 0.3) is 10.8 Å². The number of anilines is 1. The fourth-order valence-corrected chi connectivity index (χ4v) is 9.67. The van der Waals surface area contributed by atoms with Gasteiger partial charge in [-0.3, -0.25) is 14.4 Å². The number of carbonyl (C=O) groups is 3. The van der Waals surface area contributed by atoms with Gasteiger partial charge in [-0.1, -0.05) is 68.5 Å². The normalized spacial score (nSPS) is 32.8. The van der Waals surface area contributed by atoms with Crippen molar-refractivity contribution in [3.8, 4) is 0 Å². The van der Waals surface area contributed by atoms with Crippen LogP contribution in [-0.4, -0.2) is 69.1 Å². The molecule has 0 aliphatic carbocycles. The standard InChI is InChI=1S/C34H40N2O5S/c1-22(2)19-26(21-37)36-29-31(39)35(25-14-13-23-11-6-7-12-24(23)20-25)17-10-16-34(29)27(30(36)38)28-32(40)41-18-9-5-4-8-15-33(28,3)42-34/h6-8,10-16,20,22,26-29,37H,4-5,9,17-19,21H2,1-3H3/b15-8-/t26-,27+,28+,29?,33-,34+/m1/s1. The number of allylic oxidation sites excluding steroid dienone is 1. The number of esters is 1. The molecular formula is C34H40N2O5S. The summed E-state index contributed by atoms with van der Waals surface area (Å²) in [4.78, 5) is 46.7. The van der Waals surface area contributed by atoms with Gasteiger partial charge in [0.1, 0.15) is 6.04 Å². The number of likely N-dealkylation sites (tertiary alicyclic amines) is 1. The number of aliphatic hydroxyl groups excluding tert-OH is 1. The van der Waals surface area contributed by atoms with Crippen LogP contribution < -0.4 is 4.90 Å². The molecule has 1 N–H and O–H groups in total. The Labute approximate surface area is 252 Å². The van der Waals surface area contributed by atoms with Crippen molar-refractivity contribution in [3.63, 3.8) is 0 Å². The van der Waals surface area contributed by atoms with Gasteiger partial charge in [0, 0.05) is 17.0 Å². The zero-order chi connectivity index (χ0) is 29.6. The van der Waals surface area contributed by atoms with Gasteiger partial charge >= 0.3 is 5.97 Å². The minimum Gasteiger partial charge on any atom is -0.465 e. The van der Waals surface area contributed by atoms with Crippen LogP contribution in [0.1, 0.15) is 46.5 Å². The Kier molecular flexibility index (Phi) is 7.73. The largest absolute Gasteiger partial charge is 0.465 e. The minimum absolute atomic E-state index is 0.189. The average molecular weight is 589 g/mol. The number of thioether (sulfide) groups is 1. The summed E-state index contributed by atoms with van der Waals surface area (Å²) >= 11 is 1.55. The average Bonchev–Trinajstić information content (AvgIpc) is 3.30. The van der Waals surface area contributed by atoms with Gasteiger partial charge in [0.15, 0.2) is 0 Å². The first-order valence-electron chi connectivity index (χ1n) is 15.2. The number of hydrogen-bond donors (Lipinski definition) is 1. The highest BCUT2D eigenvalue weighted by molar-refractivity contribution is 8.02. The van der Waals surface area contributed by atoms with Crippen molar-refractivity contribution in [2.24, 2.45) is 17.8 Å². The van der Waals surface area contributed by atoms with Gasteiger partial charge in [0.25, 0.3) is 5.91 Å².